The molecule has 1 aliphatic rings. The first-order chi connectivity index (χ1) is 12.3. The molecule has 25 heavy (non-hydrogen) atoms. The molecule has 126 valence electrons. The standard InChI is InChI=1S/C17H14N4OS3/c22-16(11-25-17-18-6-3-7-19-17)21-13(15-5-2-9-24-15)10-12(20-21)14-4-1-8-23-14/h1-9,13H,10-11H2/t13-/m1/s1. The zero-order valence-corrected chi connectivity index (χ0v) is 15.6. The fourth-order valence-electron chi connectivity index (χ4n) is 2.59. The van der Waals surface area contributed by atoms with Gasteiger partial charge in [-0.25, -0.2) is 15.0 Å². The number of amides is 1. The maximum Gasteiger partial charge on any atom is 0.253 e. The second kappa shape index (κ2) is 7.47. The van der Waals surface area contributed by atoms with Crippen LogP contribution in [-0.4, -0.2) is 32.3 Å². The molecule has 8 heteroatoms. The highest BCUT2D eigenvalue weighted by atomic mass is 32.2. The number of hydrazone groups is 1. The van der Waals surface area contributed by atoms with Crippen molar-refractivity contribution in [3.63, 3.8) is 0 Å². The molecule has 4 rings (SSSR count). The van der Waals surface area contributed by atoms with Crippen LogP contribution < -0.4 is 0 Å². The van der Waals surface area contributed by atoms with Gasteiger partial charge in [0.1, 0.15) is 0 Å². The summed E-state index contributed by atoms with van der Waals surface area (Å²) in [6.45, 7) is 0. The van der Waals surface area contributed by atoms with E-state index in [2.05, 4.69) is 27.2 Å². The van der Waals surface area contributed by atoms with E-state index in [9.17, 15) is 4.79 Å². The van der Waals surface area contributed by atoms with Crippen LogP contribution in [0.5, 0.6) is 0 Å². The highest BCUT2D eigenvalue weighted by Crippen LogP contribution is 2.36. The van der Waals surface area contributed by atoms with E-state index < -0.39 is 0 Å². The van der Waals surface area contributed by atoms with Gasteiger partial charge in [0.25, 0.3) is 5.91 Å². The summed E-state index contributed by atoms with van der Waals surface area (Å²) in [5, 5.41) is 10.9. The van der Waals surface area contributed by atoms with E-state index in [1.165, 1.54) is 11.8 Å². The lowest BCUT2D eigenvalue weighted by molar-refractivity contribution is -0.130. The summed E-state index contributed by atoms with van der Waals surface area (Å²) in [4.78, 5) is 23.4. The van der Waals surface area contributed by atoms with Crippen LogP contribution in [-0.2, 0) is 4.79 Å². The third-order valence-electron chi connectivity index (χ3n) is 3.71. The van der Waals surface area contributed by atoms with E-state index in [0.717, 1.165) is 21.9 Å². The van der Waals surface area contributed by atoms with E-state index in [0.29, 0.717) is 5.16 Å². The van der Waals surface area contributed by atoms with Crippen molar-refractivity contribution in [2.45, 2.75) is 17.6 Å². The Morgan fingerprint density at radius 2 is 1.96 bits per heavy atom. The average Bonchev–Trinajstić information content (AvgIpc) is 3.40. The molecular weight excluding hydrogens is 372 g/mol. The Labute approximate surface area is 157 Å². The van der Waals surface area contributed by atoms with Crippen LogP contribution in [0.3, 0.4) is 0 Å². The predicted octanol–water partition coefficient (Wildman–Crippen LogP) is 4.07. The van der Waals surface area contributed by atoms with Crippen LogP contribution in [0.2, 0.25) is 0 Å². The Bertz CT molecular complexity index is 863. The number of rotatable bonds is 5. The minimum Gasteiger partial charge on any atom is -0.272 e. The maximum absolute atomic E-state index is 12.8. The van der Waals surface area contributed by atoms with Crippen LogP contribution in [0, 0.1) is 0 Å². The summed E-state index contributed by atoms with van der Waals surface area (Å²) in [7, 11) is 0. The summed E-state index contributed by atoms with van der Waals surface area (Å²) >= 11 is 4.65. The van der Waals surface area contributed by atoms with Crippen LogP contribution >= 0.6 is 34.4 Å². The molecular formula is C17H14N4OS3. The fourth-order valence-corrected chi connectivity index (χ4v) is 4.78. The van der Waals surface area contributed by atoms with Gasteiger partial charge in [0.15, 0.2) is 5.16 Å². The number of thioether (sulfide) groups is 1. The Morgan fingerprint density at radius 1 is 1.16 bits per heavy atom. The topological polar surface area (TPSA) is 58.5 Å². The first-order valence-electron chi connectivity index (χ1n) is 7.68. The zero-order chi connectivity index (χ0) is 17.1. The molecule has 0 aromatic carbocycles. The lowest BCUT2D eigenvalue weighted by Crippen LogP contribution is -2.28. The van der Waals surface area contributed by atoms with E-state index in [4.69, 9.17) is 0 Å². The van der Waals surface area contributed by atoms with E-state index in [1.54, 1.807) is 46.1 Å². The highest BCUT2D eigenvalue weighted by molar-refractivity contribution is 7.99. The molecule has 0 bridgehead atoms. The van der Waals surface area contributed by atoms with Crippen molar-refractivity contribution in [2.75, 3.05) is 5.75 Å². The second-order valence-corrected chi connectivity index (χ2v) is 8.19. The minimum atomic E-state index is -0.0260. The van der Waals surface area contributed by atoms with Crippen molar-refractivity contribution < 1.29 is 4.79 Å². The van der Waals surface area contributed by atoms with Crippen molar-refractivity contribution in [1.29, 1.82) is 0 Å². The maximum atomic E-state index is 12.8. The van der Waals surface area contributed by atoms with E-state index in [-0.39, 0.29) is 17.7 Å². The van der Waals surface area contributed by atoms with Crippen LogP contribution in [0.25, 0.3) is 0 Å². The summed E-state index contributed by atoms with van der Waals surface area (Å²) in [6, 6.07) is 9.87. The monoisotopic (exact) mass is 386 g/mol. The molecule has 1 aliphatic heterocycles. The molecule has 0 aliphatic carbocycles. The molecule has 5 nitrogen and oxygen atoms in total. The summed E-state index contributed by atoms with van der Waals surface area (Å²) < 4.78 is 0. The molecule has 0 spiro atoms. The number of carbonyl (C=O) groups excluding carboxylic acids is 1. The van der Waals surface area contributed by atoms with Gasteiger partial charge in [0.05, 0.1) is 22.4 Å². The van der Waals surface area contributed by atoms with Gasteiger partial charge in [-0.1, -0.05) is 23.9 Å². The summed E-state index contributed by atoms with van der Waals surface area (Å²) in [5.41, 5.74) is 0.975. The Kier molecular flexibility index (Phi) is 4.91. The molecule has 0 unspecified atom stereocenters. The van der Waals surface area contributed by atoms with Gasteiger partial charge in [-0.15, -0.1) is 22.7 Å². The highest BCUT2D eigenvalue weighted by Gasteiger charge is 2.33. The molecule has 4 heterocycles. The number of nitrogens with zero attached hydrogens (tertiary/aromatic N) is 4. The Hall–Kier alpha value is -2.03. The molecule has 0 saturated heterocycles. The fraction of sp³-hybridized carbons (Fsp3) is 0.176. The third-order valence-corrected chi connectivity index (χ3v) is 6.46. The lowest BCUT2D eigenvalue weighted by Gasteiger charge is -2.20. The van der Waals surface area contributed by atoms with Crippen LogP contribution in [0.1, 0.15) is 22.2 Å². The van der Waals surface area contributed by atoms with Crippen molar-refractivity contribution >= 4 is 46.1 Å². The number of aromatic nitrogens is 2. The number of hydrogen-bond donors (Lipinski definition) is 0. The molecule has 3 aromatic heterocycles. The molecule has 3 aromatic rings. The number of carbonyl (C=O) groups is 1. The van der Waals surface area contributed by atoms with Gasteiger partial charge in [-0.3, -0.25) is 4.79 Å². The molecule has 0 radical (unpaired) electrons. The Balaban J connectivity index is 1.54. The molecule has 1 amide bonds. The SMILES string of the molecule is O=C(CSc1ncccn1)N1N=C(c2cccs2)C[C@@H]1c1cccs1. The lowest BCUT2D eigenvalue weighted by atomic mass is 10.1. The molecule has 0 N–H and O–H groups in total. The Morgan fingerprint density at radius 3 is 2.68 bits per heavy atom. The molecule has 0 saturated carbocycles. The zero-order valence-electron chi connectivity index (χ0n) is 13.1. The van der Waals surface area contributed by atoms with Gasteiger partial charge in [0.2, 0.25) is 0 Å². The quantitative estimate of drug-likeness (QED) is 0.490. The van der Waals surface area contributed by atoms with Crippen LogP contribution in [0.15, 0.2) is 63.7 Å². The van der Waals surface area contributed by atoms with Crippen LogP contribution in [0.4, 0.5) is 0 Å². The predicted molar refractivity (Wildman–Crippen MR) is 102 cm³/mol. The smallest absolute Gasteiger partial charge is 0.253 e. The van der Waals surface area contributed by atoms with Crippen molar-refractivity contribution in [2.24, 2.45) is 5.10 Å². The second-order valence-electron chi connectivity index (χ2n) is 5.32. The van der Waals surface area contributed by atoms with Crippen molar-refractivity contribution in [3.8, 4) is 0 Å². The first-order valence-corrected chi connectivity index (χ1v) is 10.4. The van der Waals surface area contributed by atoms with Crippen molar-refractivity contribution in [3.05, 3.63) is 63.2 Å². The van der Waals surface area contributed by atoms with Gasteiger partial charge >= 0.3 is 0 Å². The molecule has 0 fully saturated rings. The summed E-state index contributed by atoms with van der Waals surface area (Å²) in [5.74, 6) is 0.245. The van der Waals surface area contributed by atoms with E-state index in [1.807, 2.05) is 22.9 Å². The average molecular weight is 387 g/mol. The van der Waals surface area contributed by atoms with Gasteiger partial charge in [-0.2, -0.15) is 5.10 Å². The van der Waals surface area contributed by atoms with E-state index >= 15 is 0 Å². The summed E-state index contributed by atoms with van der Waals surface area (Å²) in [6.07, 6.45) is 4.10. The number of hydrogen-bond acceptors (Lipinski definition) is 7. The number of thiophene rings is 2. The first kappa shape index (κ1) is 16.4. The normalized spacial score (nSPS) is 16.9. The largest absolute Gasteiger partial charge is 0.272 e. The van der Waals surface area contributed by atoms with Gasteiger partial charge in [0, 0.05) is 23.7 Å². The minimum absolute atomic E-state index is 0.0255. The van der Waals surface area contributed by atoms with Gasteiger partial charge in [-0.05, 0) is 29.0 Å². The third kappa shape index (κ3) is 3.65. The molecule has 1 atom stereocenters. The van der Waals surface area contributed by atoms with Crippen molar-refractivity contribution in [1.82, 2.24) is 15.0 Å². The van der Waals surface area contributed by atoms with Gasteiger partial charge < -0.3 is 0 Å².